The Balaban J connectivity index is 4.02. The summed E-state index contributed by atoms with van der Waals surface area (Å²) < 4.78 is 16.6. The van der Waals surface area contributed by atoms with E-state index in [1.165, 1.54) is 161 Å². The van der Waals surface area contributed by atoms with Gasteiger partial charge in [0.15, 0.2) is 6.10 Å². The number of ether oxygens (including phenoxy) is 3. The minimum absolute atomic E-state index is 0.0697. The maximum absolute atomic E-state index is 12.6. The molecule has 0 aromatic carbocycles. The van der Waals surface area contributed by atoms with Gasteiger partial charge in [0.2, 0.25) is 0 Å². The van der Waals surface area contributed by atoms with Gasteiger partial charge in [-0.1, -0.05) is 232 Å². The monoisotopic (exact) mass is 805 g/mol. The lowest BCUT2D eigenvalue weighted by Crippen LogP contribution is -2.30. The van der Waals surface area contributed by atoms with Gasteiger partial charge >= 0.3 is 17.9 Å². The fourth-order valence-corrected chi connectivity index (χ4v) is 7.45. The normalized spacial score (nSPS) is 12.0. The average Bonchev–Trinajstić information content (AvgIpc) is 3.21. The Labute approximate surface area is 354 Å². The molecule has 0 aromatic heterocycles. The molecule has 0 rings (SSSR count). The molecule has 0 aliphatic carbocycles. The van der Waals surface area contributed by atoms with Gasteiger partial charge in [0.25, 0.3) is 0 Å². The lowest BCUT2D eigenvalue weighted by molar-refractivity contribution is -0.167. The molecule has 1 unspecified atom stereocenters. The topological polar surface area (TPSA) is 78.9 Å². The number of hydrogen-bond donors (Lipinski definition) is 0. The number of unbranched alkanes of at least 4 members (excludes halogenated alkanes) is 33. The van der Waals surface area contributed by atoms with Crippen molar-refractivity contribution in [2.75, 3.05) is 13.2 Å². The summed E-state index contributed by atoms with van der Waals surface area (Å²) in [4.78, 5) is 37.6. The second kappa shape index (κ2) is 46.8. The fourth-order valence-electron chi connectivity index (χ4n) is 7.45. The van der Waals surface area contributed by atoms with E-state index in [0.717, 1.165) is 77.0 Å². The Kier molecular flexibility index (Phi) is 45.3. The van der Waals surface area contributed by atoms with Crippen LogP contribution in [0.15, 0.2) is 12.2 Å². The van der Waals surface area contributed by atoms with Crippen molar-refractivity contribution in [2.45, 2.75) is 284 Å². The lowest BCUT2D eigenvalue weighted by atomic mass is 10.0. The van der Waals surface area contributed by atoms with Crippen molar-refractivity contribution >= 4 is 17.9 Å². The van der Waals surface area contributed by atoms with Gasteiger partial charge in [-0.15, -0.1) is 0 Å². The molecule has 6 heteroatoms. The van der Waals surface area contributed by atoms with E-state index in [1.807, 2.05) is 0 Å². The van der Waals surface area contributed by atoms with Crippen LogP contribution in [0.3, 0.4) is 0 Å². The van der Waals surface area contributed by atoms with Gasteiger partial charge in [-0.2, -0.15) is 0 Å². The van der Waals surface area contributed by atoms with Gasteiger partial charge < -0.3 is 14.2 Å². The quantitative estimate of drug-likeness (QED) is 0.0264. The van der Waals surface area contributed by atoms with Crippen molar-refractivity contribution in [1.29, 1.82) is 0 Å². The number of carbonyl (C=O) groups excluding carboxylic acids is 3. The third-order valence-electron chi connectivity index (χ3n) is 11.3. The molecule has 0 aliphatic rings. The van der Waals surface area contributed by atoms with Crippen LogP contribution in [0.25, 0.3) is 0 Å². The summed E-state index contributed by atoms with van der Waals surface area (Å²) in [5, 5.41) is 0. The van der Waals surface area contributed by atoms with Crippen molar-refractivity contribution in [3.8, 4) is 0 Å². The third-order valence-corrected chi connectivity index (χ3v) is 11.3. The smallest absolute Gasteiger partial charge is 0.306 e. The molecule has 0 radical (unpaired) electrons. The summed E-state index contributed by atoms with van der Waals surface area (Å²) >= 11 is 0. The van der Waals surface area contributed by atoms with Crippen molar-refractivity contribution in [3.05, 3.63) is 12.2 Å². The summed E-state index contributed by atoms with van der Waals surface area (Å²) in [6.45, 7) is 6.54. The molecule has 0 N–H and O–H groups in total. The van der Waals surface area contributed by atoms with Crippen LogP contribution in [0, 0.1) is 0 Å². The summed E-state index contributed by atoms with van der Waals surface area (Å²) in [6, 6.07) is 0. The molecule has 0 saturated carbocycles. The Bertz CT molecular complexity index is 885. The van der Waals surface area contributed by atoms with Crippen LogP contribution in [0.5, 0.6) is 0 Å². The Hall–Kier alpha value is -1.85. The van der Waals surface area contributed by atoms with Crippen LogP contribution < -0.4 is 0 Å². The van der Waals surface area contributed by atoms with Crippen molar-refractivity contribution in [3.63, 3.8) is 0 Å². The van der Waals surface area contributed by atoms with E-state index in [-0.39, 0.29) is 31.1 Å². The Morgan fingerprint density at radius 2 is 0.614 bits per heavy atom. The van der Waals surface area contributed by atoms with Gasteiger partial charge in [0.1, 0.15) is 13.2 Å². The summed E-state index contributed by atoms with van der Waals surface area (Å²) in [6.07, 6.45) is 51.0. The second-order valence-corrected chi connectivity index (χ2v) is 17.1. The Morgan fingerprint density at radius 3 is 0.947 bits per heavy atom. The average molecular weight is 805 g/mol. The van der Waals surface area contributed by atoms with Gasteiger partial charge in [-0.3, -0.25) is 14.4 Å². The third kappa shape index (κ3) is 45.1. The molecular formula is C51H96O6. The van der Waals surface area contributed by atoms with E-state index in [0.29, 0.717) is 19.3 Å². The molecule has 0 amide bonds. The van der Waals surface area contributed by atoms with Crippen molar-refractivity contribution < 1.29 is 28.6 Å². The molecule has 6 nitrogen and oxygen atoms in total. The first kappa shape index (κ1) is 55.2. The molecule has 0 fully saturated rings. The number of rotatable bonds is 46. The second-order valence-electron chi connectivity index (χ2n) is 17.1. The molecule has 57 heavy (non-hydrogen) atoms. The number of carbonyl (C=O) groups is 3. The molecule has 0 aliphatic heterocycles. The zero-order valence-electron chi connectivity index (χ0n) is 38.4. The SMILES string of the molecule is CCC/C=C\CCCCCCCC(=O)OC(COC(=O)CCCCCCCC)COC(=O)CCCCCCCCCCCCCCCCCCCCCCCCC. The van der Waals surface area contributed by atoms with Crippen molar-refractivity contribution in [2.24, 2.45) is 0 Å². The van der Waals surface area contributed by atoms with Gasteiger partial charge in [0, 0.05) is 19.3 Å². The van der Waals surface area contributed by atoms with E-state index in [1.54, 1.807) is 0 Å². The zero-order valence-corrected chi connectivity index (χ0v) is 38.4. The summed E-state index contributed by atoms with van der Waals surface area (Å²) in [5.74, 6) is -0.879. The van der Waals surface area contributed by atoms with Crippen LogP contribution in [0.1, 0.15) is 278 Å². The first-order chi connectivity index (χ1) is 28.0. The molecule has 1 atom stereocenters. The van der Waals surface area contributed by atoms with Gasteiger partial charge in [-0.05, 0) is 38.5 Å². The molecule has 0 spiro atoms. The highest BCUT2D eigenvalue weighted by Crippen LogP contribution is 2.17. The highest BCUT2D eigenvalue weighted by atomic mass is 16.6. The van der Waals surface area contributed by atoms with Gasteiger partial charge in [-0.25, -0.2) is 0 Å². The minimum atomic E-state index is -0.765. The van der Waals surface area contributed by atoms with Crippen LogP contribution in [-0.2, 0) is 28.6 Å². The first-order valence-corrected chi connectivity index (χ1v) is 25.2. The minimum Gasteiger partial charge on any atom is -0.462 e. The van der Waals surface area contributed by atoms with Crippen molar-refractivity contribution in [1.82, 2.24) is 0 Å². The zero-order chi connectivity index (χ0) is 41.5. The molecule has 0 saturated heterocycles. The van der Waals surface area contributed by atoms with E-state index in [4.69, 9.17) is 14.2 Å². The number of allylic oxidation sites excluding steroid dienone is 2. The molecule has 336 valence electrons. The van der Waals surface area contributed by atoms with Crippen LogP contribution in [-0.4, -0.2) is 37.2 Å². The van der Waals surface area contributed by atoms with E-state index < -0.39 is 6.10 Å². The molecule has 0 aromatic rings. The fraction of sp³-hybridized carbons (Fsp3) is 0.902. The predicted molar refractivity (Wildman–Crippen MR) is 243 cm³/mol. The standard InChI is InChI=1S/C51H96O6/c1-4-7-10-13-16-18-20-21-22-23-24-25-26-27-28-29-30-31-32-34-35-38-41-44-50(53)56-47-48(46-55-49(52)43-40-37-15-12-9-6-3)57-51(54)45-42-39-36-33-19-17-14-11-8-5-2/h11,14,48H,4-10,12-13,15-47H2,1-3H3/b14-11-. The first-order valence-electron chi connectivity index (χ1n) is 25.2. The maximum Gasteiger partial charge on any atom is 0.306 e. The van der Waals surface area contributed by atoms with E-state index in [2.05, 4.69) is 32.9 Å². The van der Waals surface area contributed by atoms with Crippen LogP contribution in [0.4, 0.5) is 0 Å². The highest BCUT2D eigenvalue weighted by molar-refractivity contribution is 5.71. The van der Waals surface area contributed by atoms with E-state index in [9.17, 15) is 14.4 Å². The highest BCUT2D eigenvalue weighted by Gasteiger charge is 2.19. The Morgan fingerprint density at radius 1 is 0.333 bits per heavy atom. The largest absolute Gasteiger partial charge is 0.462 e. The molecule has 0 heterocycles. The molecular weight excluding hydrogens is 709 g/mol. The van der Waals surface area contributed by atoms with Crippen LogP contribution in [0.2, 0.25) is 0 Å². The summed E-state index contributed by atoms with van der Waals surface area (Å²) in [7, 11) is 0. The maximum atomic E-state index is 12.6. The van der Waals surface area contributed by atoms with Gasteiger partial charge in [0.05, 0.1) is 0 Å². The van der Waals surface area contributed by atoms with Crippen LogP contribution >= 0.6 is 0 Å². The summed E-state index contributed by atoms with van der Waals surface area (Å²) in [5.41, 5.74) is 0. The number of hydrogen-bond acceptors (Lipinski definition) is 6. The lowest BCUT2D eigenvalue weighted by Gasteiger charge is -2.18. The van der Waals surface area contributed by atoms with E-state index >= 15 is 0 Å². The molecule has 0 bridgehead atoms. The predicted octanol–water partition coefficient (Wildman–Crippen LogP) is 16.2. The number of esters is 3.